The molecule has 1 aromatic heterocycles. The molecular formula is C26H29F4N5O4. The van der Waals surface area contributed by atoms with E-state index in [2.05, 4.69) is 20.2 Å². The molecule has 1 aromatic carbocycles. The number of nitrogens with zero attached hydrogens (tertiary/aromatic N) is 4. The number of amides is 2. The van der Waals surface area contributed by atoms with Crippen LogP contribution in [0.3, 0.4) is 0 Å². The normalized spacial score (nSPS) is 22.7. The molecule has 13 heteroatoms. The standard InChI is InChI=1S/C24H28FN5O2.C2HF3O2/c25-20-7-5-18(6-8-20)21(31)29-12-1-9-24(22(32)28-13-17-3-4-17)16-30(15-19(24)14-29)23-26-10-2-11-27-23;3-2(4,5)1(6)7/h2,5-8,10-11,17,19H,1,3-4,9,12-16H2,(H,28,32);(H,6,7)/t19-,24-;/m0./s1. The Hall–Kier alpha value is -3.77. The van der Waals surface area contributed by atoms with Crippen molar-refractivity contribution in [1.29, 1.82) is 0 Å². The highest BCUT2D eigenvalue weighted by Crippen LogP contribution is 2.44. The first-order valence-corrected chi connectivity index (χ1v) is 12.6. The summed E-state index contributed by atoms with van der Waals surface area (Å²) in [5.41, 5.74) is -0.107. The van der Waals surface area contributed by atoms with Crippen LogP contribution >= 0.6 is 0 Å². The second kappa shape index (κ2) is 11.5. The topological polar surface area (TPSA) is 116 Å². The summed E-state index contributed by atoms with van der Waals surface area (Å²) in [6.45, 7) is 2.97. The number of benzene rings is 1. The van der Waals surface area contributed by atoms with E-state index in [4.69, 9.17) is 9.90 Å². The number of rotatable bonds is 5. The Bertz CT molecular complexity index is 1180. The molecule has 210 valence electrons. The fourth-order valence-corrected chi connectivity index (χ4v) is 5.11. The number of fused-ring (bicyclic) bond motifs is 1. The van der Waals surface area contributed by atoms with Crippen LogP contribution < -0.4 is 10.2 Å². The summed E-state index contributed by atoms with van der Waals surface area (Å²) in [5.74, 6) is -1.96. The number of hydrogen-bond donors (Lipinski definition) is 2. The Balaban J connectivity index is 0.000000448. The SMILES string of the molecule is O=C(O)C(F)(F)F.O=C(c1ccc(F)cc1)N1CCC[C@]2(C(=O)NCC3CC3)CN(c3ncccn3)C[C@@H]2C1. The molecule has 2 N–H and O–H groups in total. The molecule has 1 saturated carbocycles. The number of anilines is 1. The van der Waals surface area contributed by atoms with E-state index in [1.807, 2.05) is 4.90 Å². The highest BCUT2D eigenvalue weighted by atomic mass is 19.4. The molecule has 2 amide bonds. The van der Waals surface area contributed by atoms with Crippen molar-refractivity contribution in [3.8, 4) is 0 Å². The van der Waals surface area contributed by atoms with Crippen molar-refractivity contribution in [3.63, 3.8) is 0 Å². The summed E-state index contributed by atoms with van der Waals surface area (Å²) >= 11 is 0. The molecule has 1 aliphatic carbocycles. The maximum absolute atomic E-state index is 13.5. The van der Waals surface area contributed by atoms with Crippen molar-refractivity contribution >= 4 is 23.7 Å². The number of hydrogen-bond acceptors (Lipinski definition) is 6. The van der Waals surface area contributed by atoms with Crippen molar-refractivity contribution in [2.45, 2.75) is 31.9 Å². The van der Waals surface area contributed by atoms with Gasteiger partial charge >= 0.3 is 12.1 Å². The zero-order chi connectivity index (χ0) is 28.2. The Kier molecular flexibility index (Phi) is 8.36. The van der Waals surface area contributed by atoms with Gasteiger partial charge in [-0.3, -0.25) is 9.59 Å². The zero-order valence-electron chi connectivity index (χ0n) is 21.0. The van der Waals surface area contributed by atoms with E-state index in [1.54, 1.807) is 18.5 Å². The van der Waals surface area contributed by atoms with Gasteiger partial charge in [0.15, 0.2) is 0 Å². The van der Waals surface area contributed by atoms with Crippen molar-refractivity contribution < 1.29 is 37.1 Å². The molecule has 2 aromatic rings. The average Bonchev–Trinajstić information content (AvgIpc) is 3.70. The number of aromatic nitrogens is 2. The minimum Gasteiger partial charge on any atom is -0.475 e. The largest absolute Gasteiger partial charge is 0.490 e. The first kappa shape index (κ1) is 28.2. The molecule has 2 saturated heterocycles. The average molecular weight is 552 g/mol. The smallest absolute Gasteiger partial charge is 0.475 e. The summed E-state index contributed by atoms with van der Waals surface area (Å²) in [5, 5.41) is 10.3. The van der Waals surface area contributed by atoms with Crippen molar-refractivity contribution in [1.82, 2.24) is 20.2 Å². The van der Waals surface area contributed by atoms with E-state index in [-0.39, 0.29) is 23.5 Å². The second-order valence-corrected chi connectivity index (χ2v) is 10.1. The summed E-state index contributed by atoms with van der Waals surface area (Å²) in [6, 6.07) is 7.45. The third kappa shape index (κ3) is 6.82. The van der Waals surface area contributed by atoms with Gasteiger partial charge in [0.05, 0.1) is 5.41 Å². The number of carbonyl (C=O) groups is 3. The number of nitrogens with one attached hydrogen (secondary N) is 1. The van der Waals surface area contributed by atoms with Crippen molar-refractivity contribution in [2.75, 3.05) is 37.6 Å². The summed E-state index contributed by atoms with van der Waals surface area (Å²) in [4.78, 5) is 48.3. The minimum absolute atomic E-state index is 0.0302. The van der Waals surface area contributed by atoms with Crippen LogP contribution in [0.5, 0.6) is 0 Å². The molecule has 0 spiro atoms. The number of aliphatic carboxylic acids is 1. The van der Waals surface area contributed by atoms with Crippen LogP contribution in [0.1, 0.15) is 36.0 Å². The lowest BCUT2D eigenvalue weighted by molar-refractivity contribution is -0.192. The molecule has 0 bridgehead atoms. The van der Waals surface area contributed by atoms with Gasteiger partial charge in [0, 0.05) is 56.6 Å². The number of likely N-dealkylation sites (tertiary alicyclic amines) is 1. The van der Waals surface area contributed by atoms with Crippen LogP contribution in [0.2, 0.25) is 0 Å². The van der Waals surface area contributed by atoms with Gasteiger partial charge < -0.3 is 20.2 Å². The van der Waals surface area contributed by atoms with Crippen LogP contribution in [0.25, 0.3) is 0 Å². The Morgan fingerprint density at radius 3 is 2.31 bits per heavy atom. The molecule has 0 unspecified atom stereocenters. The van der Waals surface area contributed by atoms with Gasteiger partial charge in [-0.15, -0.1) is 0 Å². The molecule has 0 radical (unpaired) electrons. The number of carboxylic acids is 1. The third-order valence-electron chi connectivity index (χ3n) is 7.34. The molecule has 3 heterocycles. The first-order chi connectivity index (χ1) is 18.5. The zero-order valence-corrected chi connectivity index (χ0v) is 21.0. The van der Waals surface area contributed by atoms with Gasteiger partial charge in [-0.1, -0.05) is 0 Å². The highest BCUT2D eigenvalue weighted by molar-refractivity contribution is 5.94. The van der Waals surface area contributed by atoms with E-state index in [1.165, 1.54) is 37.1 Å². The molecular weight excluding hydrogens is 522 g/mol. The lowest BCUT2D eigenvalue weighted by Crippen LogP contribution is -2.48. The Morgan fingerprint density at radius 2 is 1.72 bits per heavy atom. The predicted octanol–water partition coefficient (Wildman–Crippen LogP) is 3.13. The number of alkyl halides is 3. The summed E-state index contributed by atoms with van der Waals surface area (Å²) < 4.78 is 45.1. The highest BCUT2D eigenvalue weighted by Gasteiger charge is 2.54. The van der Waals surface area contributed by atoms with Crippen LogP contribution in [-0.2, 0) is 9.59 Å². The number of carboxylic acid groups (broad SMARTS) is 1. The van der Waals surface area contributed by atoms with Crippen LogP contribution in [0, 0.1) is 23.1 Å². The third-order valence-corrected chi connectivity index (χ3v) is 7.34. The predicted molar refractivity (Wildman–Crippen MR) is 131 cm³/mol. The van der Waals surface area contributed by atoms with Gasteiger partial charge in [-0.25, -0.2) is 19.2 Å². The monoisotopic (exact) mass is 551 g/mol. The molecule has 5 rings (SSSR count). The fourth-order valence-electron chi connectivity index (χ4n) is 5.11. The van der Waals surface area contributed by atoms with Gasteiger partial charge in [-0.05, 0) is 61.9 Å². The summed E-state index contributed by atoms with van der Waals surface area (Å²) in [6.07, 6.45) is 2.15. The van der Waals surface area contributed by atoms with E-state index in [0.717, 1.165) is 13.0 Å². The van der Waals surface area contributed by atoms with Crippen LogP contribution in [0.15, 0.2) is 42.7 Å². The molecule has 3 aliphatic rings. The van der Waals surface area contributed by atoms with E-state index in [0.29, 0.717) is 50.0 Å². The summed E-state index contributed by atoms with van der Waals surface area (Å²) in [7, 11) is 0. The number of halogens is 4. The van der Waals surface area contributed by atoms with Gasteiger partial charge in [0.2, 0.25) is 11.9 Å². The van der Waals surface area contributed by atoms with Crippen LogP contribution in [0.4, 0.5) is 23.5 Å². The van der Waals surface area contributed by atoms with E-state index >= 15 is 0 Å². The quantitative estimate of drug-likeness (QED) is 0.549. The van der Waals surface area contributed by atoms with Gasteiger partial charge in [0.25, 0.3) is 5.91 Å². The first-order valence-electron chi connectivity index (χ1n) is 12.6. The second-order valence-electron chi connectivity index (χ2n) is 10.1. The molecule has 9 nitrogen and oxygen atoms in total. The molecule has 2 aliphatic heterocycles. The number of carbonyl (C=O) groups excluding carboxylic acids is 2. The maximum atomic E-state index is 13.5. The fraction of sp³-hybridized carbons (Fsp3) is 0.500. The molecule has 2 atom stereocenters. The Morgan fingerprint density at radius 1 is 1.08 bits per heavy atom. The molecule has 3 fully saturated rings. The minimum atomic E-state index is -5.08. The lowest BCUT2D eigenvalue weighted by atomic mass is 9.74. The van der Waals surface area contributed by atoms with E-state index < -0.39 is 17.6 Å². The Labute approximate surface area is 222 Å². The van der Waals surface area contributed by atoms with Gasteiger partial charge in [-0.2, -0.15) is 13.2 Å². The maximum Gasteiger partial charge on any atom is 0.490 e. The van der Waals surface area contributed by atoms with Gasteiger partial charge in [0.1, 0.15) is 5.82 Å². The van der Waals surface area contributed by atoms with E-state index in [9.17, 15) is 27.2 Å². The van der Waals surface area contributed by atoms with Crippen molar-refractivity contribution in [3.05, 3.63) is 54.1 Å². The van der Waals surface area contributed by atoms with Crippen molar-refractivity contribution in [2.24, 2.45) is 17.3 Å². The molecule has 39 heavy (non-hydrogen) atoms. The lowest BCUT2D eigenvalue weighted by Gasteiger charge is -2.32. The van der Waals surface area contributed by atoms with Crippen LogP contribution in [-0.4, -0.2) is 76.7 Å².